The Morgan fingerprint density at radius 2 is 1.69 bits per heavy atom. The molecule has 1 aromatic rings. The van der Waals surface area contributed by atoms with Crippen LogP contribution in [-0.4, -0.2) is 32.4 Å². The first kappa shape index (κ1) is 9.35. The lowest BCUT2D eigenvalue weighted by atomic mass is 10.3. The standard InChI is InChI=1S/C4H5BN2O6/c8-1-2(9)7-4(3(10)6-1)13-5(11)12/h11-12H,(H,7,9)(H2,6,8,10). The van der Waals surface area contributed by atoms with Gasteiger partial charge in [-0.2, -0.15) is 0 Å². The van der Waals surface area contributed by atoms with Crippen molar-refractivity contribution in [2.24, 2.45) is 0 Å². The molecule has 0 saturated heterocycles. The molecule has 9 heteroatoms. The number of rotatable bonds is 2. The molecule has 70 valence electrons. The number of H-pyrrole nitrogens is 2. The molecular weight excluding hydrogens is 183 g/mol. The molecule has 0 bridgehead atoms. The van der Waals surface area contributed by atoms with Crippen LogP contribution in [0.2, 0.25) is 0 Å². The average molecular weight is 188 g/mol. The van der Waals surface area contributed by atoms with Crippen LogP contribution in [0.4, 0.5) is 0 Å². The fraction of sp³-hybridized carbons (Fsp3) is 0. The van der Waals surface area contributed by atoms with Crippen LogP contribution in [-0.2, 0) is 0 Å². The van der Waals surface area contributed by atoms with Crippen molar-refractivity contribution in [2.75, 3.05) is 0 Å². The Balaban J connectivity index is 3.16. The van der Waals surface area contributed by atoms with Gasteiger partial charge in [-0.25, -0.2) is 0 Å². The summed E-state index contributed by atoms with van der Waals surface area (Å²) in [6, 6.07) is 0. The molecule has 0 unspecified atom stereocenters. The van der Waals surface area contributed by atoms with Gasteiger partial charge in [0.2, 0.25) is 5.88 Å². The molecule has 0 aliphatic heterocycles. The molecule has 0 aliphatic carbocycles. The van der Waals surface area contributed by atoms with Crippen LogP contribution in [0.5, 0.6) is 11.8 Å². The van der Waals surface area contributed by atoms with Crippen LogP contribution in [0.15, 0.2) is 9.59 Å². The van der Waals surface area contributed by atoms with E-state index in [0.717, 1.165) is 0 Å². The van der Waals surface area contributed by atoms with E-state index in [1.807, 2.05) is 0 Å². The van der Waals surface area contributed by atoms with Gasteiger partial charge in [-0.15, -0.1) is 0 Å². The summed E-state index contributed by atoms with van der Waals surface area (Å²) in [4.78, 5) is 24.7. The number of hydrogen-bond donors (Lipinski definition) is 5. The van der Waals surface area contributed by atoms with Gasteiger partial charge in [0.15, 0.2) is 0 Å². The van der Waals surface area contributed by atoms with Crippen LogP contribution in [0.25, 0.3) is 0 Å². The molecule has 1 rings (SSSR count). The molecule has 0 spiro atoms. The minimum Gasteiger partial charge on any atom is -0.495 e. The van der Waals surface area contributed by atoms with Gasteiger partial charge in [0.05, 0.1) is 0 Å². The van der Waals surface area contributed by atoms with E-state index in [1.165, 1.54) is 0 Å². The van der Waals surface area contributed by atoms with Crippen LogP contribution in [0.1, 0.15) is 0 Å². The fourth-order valence-electron chi connectivity index (χ4n) is 0.631. The molecule has 13 heavy (non-hydrogen) atoms. The van der Waals surface area contributed by atoms with Gasteiger partial charge >= 0.3 is 18.4 Å². The predicted octanol–water partition coefficient (Wildman–Crippen LogP) is -2.88. The van der Waals surface area contributed by atoms with E-state index in [-0.39, 0.29) is 0 Å². The lowest BCUT2D eigenvalue weighted by molar-refractivity contribution is 0.272. The molecule has 0 amide bonds. The van der Waals surface area contributed by atoms with Gasteiger partial charge in [-0.05, 0) is 0 Å². The largest absolute Gasteiger partial charge is 0.708 e. The quantitative estimate of drug-likeness (QED) is 0.249. The maximum Gasteiger partial charge on any atom is 0.708 e. The van der Waals surface area contributed by atoms with E-state index < -0.39 is 30.2 Å². The summed E-state index contributed by atoms with van der Waals surface area (Å²) in [5.74, 6) is -1.42. The van der Waals surface area contributed by atoms with Crippen molar-refractivity contribution < 1.29 is 19.8 Å². The normalized spacial score (nSPS) is 9.69. The lowest BCUT2D eigenvalue weighted by Crippen LogP contribution is -2.31. The molecule has 0 atom stereocenters. The first-order valence-corrected chi connectivity index (χ1v) is 3.09. The van der Waals surface area contributed by atoms with Gasteiger partial charge in [0.25, 0.3) is 5.88 Å². The zero-order valence-electron chi connectivity index (χ0n) is 6.14. The molecule has 0 aromatic carbocycles. The van der Waals surface area contributed by atoms with Crippen molar-refractivity contribution in [3.05, 3.63) is 20.7 Å². The number of hydrogen-bond acceptors (Lipinski definition) is 6. The van der Waals surface area contributed by atoms with Crippen molar-refractivity contribution in [3.8, 4) is 11.8 Å². The topological polar surface area (TPSA) is 136 Å². The van der Waals surface area contributed by atoms with Crippen molar-refractivity contribution >= 4 is 7.32 Å². The zero-order valence-corrected chi connectivity index (χ0v) is 6.14. The summed E-state index contributed by atoms with van der Waals surface area (Å²) >= 11 is 0. The van der Waals surface area contributed by atoms with Crippen molar-refractivity contribution in [1.82, 2.24) is 9.97 Å². The Bertz CT molecular complexity index is 408. The molecule has 0 radical (unpaired) electrons. The maximum absolute atomic E-state index is 10.6. The number of aromatic amines is 2. The Morgan fingerprint density at radius 3 is 2.23 bits per heavy atom. The minimum absolute atomic E-state index is 0.625. The first-order chi connectivity index (χ1) is 6.00. The minimum atomic E-state index is -2.20. The molecule has 1 aromatic heterocycles. The third-order valence-corrected chi connectivity index (χ3v) is 1.10. The van der Waals surface area contributed by atoms with E-state index >= 15 is 0 Å². The van der Waals surface area contributed by atoms with Crippen molar-refractivity contribution in [1.29, 1.82) is 0 Å². The molecule has 0 aliphatic rings. The third-order valence-electron chi connectivity index (χ3n) is 1.10. The Labute approximate surface area is 70.6 Å². The second-order valence-corrected chi connectivity index (χ2v) is 2.03. The van der Waals surface area contributed by atoms with Crippen molar-refractivity contribution in [2.45, 2.75) is 0 Å². The number of aromatic nitrogens is 2. The number of nitrogens with one attached hydrogen (secondary N) is 2. The highest BCUT2D eigenvalue weighted by atomic mass is 16.6. The summed E-state index contributed by atoms with van der Waals surface area (Å²) in [7, 11) is -2.20. The highest BCUT2D eigenvalue weighted by molar-refractivity contribution is 6.33. The van der Waals surface area contributed by atoms with Crippen LogP contribution < -0.4 is 15.8 Å². The van der Waals surface area contributed by atoms with E-state index in [2.05, 4.69) is 4.65 Å². The molecule has 8 nitrogen and oxygen atoms in total. The van der Waals surface area contributed by atoms with Gasteiger partial charge in [-0.3, -0.25) is 19.6 Å². The highest BCUT2D eigenvalue weighted by Gasteiger charge is 2.16. The molecule has 0 fully saturated rings. The Morgan fingerprint density at radius 1 is 1.15 bits per heavy atom. The monoisotopic (exact) mass is 188 g/mol. The summed E-state index contributed by atoms with van der Waals surface area (Å²) < 4.78 is 4.12. The third kappa shape index (κ3) is 2.10. The summed E-state index contributed by atoms with van der Waals surface area (Å²) in [5.41, 5.74) is -2.15. The zero-order chi connectivity index (χ0) is 10.0. The summed E-state index contributed by atoms with van der Waals surface area (Å²) in [6.07, 6.45) is 0. The van der Waals surface area contributed by atoms with Crippen LogP contribution in [0, 0.1) is 0 Å². The van der Waals surface area contributed by atoms with E-state index in [9.17, 15) is 9.59 Å². The van der Waals surface area contributed by atoms with Crippen LogP contribution in [0.3, 0.4) is 0 Å². The lowest BCUT2D eigenvalue weighted by Gasteiger charge is -2.04. The van der Waals surface area contributed by atoms with E-state index in [1.54, 1.807) is 9.97 Å². The Hall–Kier alpha value is -1.74. The molecule has 5 N–H and O–H groups in total. The van der Waals surface area contributed by atoms with Crippen LogP contribution >= 0.6 is 0 Å². The molecule has 1 heterocycles. The predicted molar refractivity (Wildman–Crippen MR) is 40.2 cm³/mol. The molecular formula is C4H5BN2O6. The van der Waals surface area contributed by atoms with E-state index in [0.29, 0.717) is 0 Å². The van der Waals surface area contributed by atoms with E-state index in [4.69, 9.17) is 15.2 Å². The second kappa shape index (κ2) is 3.33. The average Bonchev–Trinajstić information content (AvgIpc) is 1.99. The smallest absolute Gasteiger partial charge is 0.495 e. The van der Waals surface area contributed by atoms with Gasteiger partial charge < -0.3 is 19.8 Å². The number of aromatic hydroxyl groups is 1. The van der Waals surface area contributed by atoms with Gasteiger partial charge in [-0.1, -0.05) is 0 Å². The van der Waals surface area contributed by atoms with Gasteiger partial charge in [0, 0.05) is 0 Å². The highest BCUT2D eigenvalue weighted by Crippen LogP contribution is 2.14. The Kier molecular flexibility index (Phi) is 2.40. The maximum atomic E-state index is 10.6. The second-order valence-electron chi connectivity index (χ2n) is 2.03. The fourth-order valence-corrected chi connectivity index (χ4v) is 0.631. The van der Waals surface area contributed by atoms with Gasteiger partial charge in [0.1, 0.15) is 0 Å². The SMILES string of the molecule is O=c1[nH]c(O)c(OB(O)O)[nH]c1=O. The first-order valence-electron chi connectivity index (χ1n) is 3.09. The summed E-state index contributed by atoms with van der Waals surface area (Å²) in [5, 5.41) is 25.5. The van der Waals surface area contributed by atoms with Crippen molar-refractivity contribution in [3.63, 3.8) is 0 Å². The molecule has 0 saturated carbocycles. The summed E-state index contributed by atoms with van der Waals surface area (Å²) in [6.45, 7) is 0.